The lowest BCUT2D eigenvalue weighted by Crippen LogP contribution is -2.37. The van der Waals surface area contributed by atoms with Crippen LogP contribution in [-0.4, -0.2) is 28.8 Å². The van der Waals surface area contributed by atoms with Crippen molar-refractivity contribution in [1.29, 1.82) is 0 Å². The first-order valence-electron chi connectivity index (χ1n) is 5.38. The average molecular weight is 217 g/mol. The van der Waals surface area contributed by atoms with Crippen LogP contribution >= 0.6 is 12.2 Å². The average Bonchev–Trinajstić information content (AvgIpc) is 2.01. The number of rotatable bonds is 4. The molecule has 0 bridgehead atoms. The highest BCUT2D eigenvalue weighted by molar-refractivity contribution is 7.80. The van der Waals surface area contributed by atoms with Crippen molar-refractivity contribution in [2.24, 2.45) is 0 Å². The molecule has 0 N–H and O–H groups in total. The van der Waals surface area contributed by atoms with Crippen LogP contribution in [0.15, 0.2) is 0 Å². The molecule has 0 saturated carbocycles. The lowest BCUT2D eigenvalue weighted by atomic mass is 10.2. The molecule has 0 aromatic rings. The third-order valence-electron chi connectivity index (χ3n) is 1.64. The molecule has 14 heavy (non-hydrogen) atoms. The Morgan fingerprint density at radius 2 is 1.57 bits per heavy atom. The van der Waals surface area contributed by atoms with Crippen LogP contribution in [0.3, 0.4) is 0 Å². The fourth-order valence-electron chi connectivity index (χ4n) is 1.16. The van der Waals surface area contributed by atoms with Gasteiger partial charge >= 0.3 is 0 Å². The van der Waals surface area contributed by atoms with Crippen LogP contribution in [0.2, 0.25) is 0 Å². The van der Waals surface area contributed by atoms with Gasteiger partial charge in [0.25, 0.3) is 5.17 Å². The number of hydrogen-bond donors (Lipinski definition) is 0. The Morgan fingerprint density at radius 3 is 1.86 bits per heavy atom. The minimum atomic E-state index is -0.184. The van der Waals surface area contributed by atoms with Gasteiger partial charge in [-0.15, -0.1) is 0 Å². The van der Waals surface area contributed by atoms with Gasteiger partial charge in [0.15, 0.2) is 0 Å². The Balaban J connectivity index is 4.14. The molecule has 0 spiro atoms. The largest absolute Gasteiger partial charge is 0.465 e. The fraction of sp³-hybridized carbons (Fsp3) is 0.909. The highest BCUT2D eigenvalue weighted by atomic mass is 32.1. The molecule has 0 saturated heterocycles. The quantitative estimate of drug-likeness (QED) is 0.671. The second kappa shape index (κ2) is 6.23. The van der Waals surface area contributed by atoms with E-state index in [4.69, 9.17) is 17.0 Å². The van der Waals surface area contributed by atoms with Crippen LogP contribution in [0, 0.1) is 0 Å². The molecular weight excluding hydrogens is 194 g/mol. The number of hydrogen-bond acceptors (Lipinski definition) is 2. The molecule has 0 aliphatic rings. The third-order valence-corrected chi connectivity index (χ3v) is 1.98. The van der Waals surface area contributed by atoms with Crippen LogP contribution in [0.5, 0.6) is 0 Å². The Kier molecular flexibility index (Phi) is 6.09. The predicted molar refractivity (Wildman–Crippen MR) is 65.6 cm³/mol. The molecule has 0 heterocycles. The van der Waals surface area contributed by atoms with Crippen molar-refractivity contribution in [2.75, 3.05) is 13.1 Å². The van der Waals surface area contributed by atoms with Gasteiger partial charge in [0.2, 0.25) is 0 Å². The van der Waals surface area contributed by atoms with Crippen LogP contribution in [0.25, 0.3) is 0 Å². The summed E-state index contributed by atoms with van der Waals surface area (Å²) in [4.78, 5) is 2.14. The molecule has 0 aromatic carbocycles. The maximum Gasteiger partial charge on any atom is 0.259 e. The molecule has 0 fully saturated rings. The van der Waals surface area contributed by atoms with E-state index in [0.717, 1.165) is 25.9 Å². The predicted octanol–water partition coefficient (Wildman–Crippen LogP) is 3.21. The van der Waals surface area contributed by atoms with Gasteiger partial charge in [-0.05, 0) is 45.8 Å². The highest BCUT2D eigenvalue weighted by Gasteiger charge is 2.17. The molecule has 2 nitrogen and oxygen atoms in total. The lowest BCUT2D eigenvalue weighted by Gasteiger charge is -2.29. The Hall–Kier alpha value is -0.310. The van der Waals surface area contributed by atoms with Crippen molar-refractivity contribution in [3.05, 3.63) is 0 Å². The minimum Gasteiger partial charge on any atom is -0.465 e. The summed E-state index contributed by atoms with van der Waals surface area (Å²) in [6.45, 7) is 12.4. The van der Waals surface area contributed by atoms with Gasteiger partial charge in [-0.25, -0.2) is 0 Å². The number of ether oxygens (including phenoxy) is 1. The minimum absolute atomic E-state index is 0.184. The van der Waals surface area contributed by atoms with E-state index in [2.05, 4.69) is 18.7 Å². The zero-order valence-corrected chi connectivity index (χ0v) is 10.9. The fourth-order valence-corrected chi connectivity index (χ4v) is 1.59. The van der Waals surface area contributed by atoms with Gasteiger partial charge in [-0.3, -0.25) is 0 Å². The molecule has 0 aromatic heterocycles. The number of nitrogens with zero attached hydrogens (tertiary/aromatic N) is 1. The Bertz CT molecular complexity index is 169. The van der Waals surface area contributed by atoms with Crippen molar-refractivity contribution in [3.8, 4) is 0 Å². The SMILES string of the molecule is CCCN(CCC)C(=S)OC(C)(C)C. The van der Waals surface area contributed by atoms with E-state index in [9.17, 15) is 0 Å². The highest BCUT2D eigenvalue weighted by Crippen LogP contribution is 2.10. The molecule has 0 aliphatic heterocycles. The molecular formula is C11H23NOS. The summed E-state index contributed by atoms with van der Waals surface area (Å²) in [6, 6.07) is 0. The summed E-state index contributed by atoms with van der Waals surface area (Å²) in [5.74, 6) is 0. The summed E-state index contributed by atoms with van der Waals surface area (Å²) in [5.41, 5.74) is -0.184. The van der Waals surface area contributed by atoms with Crippen molar-refractivity contribution in [2.45, 2.75) is 53.1 Å². The summed E-state index contributed by atoms with van der Waals surface area (Å²) in [6.07, 6.45) is 2.21. The van der Waals surface area contributed by atoms with Crippen LogP contribution < -0.4 is 0 Å². The normalized spacial score (nSPS) is 11.2. The van der Waals surface area contributed by atoms with Gasteiger partial charge in [0.1, 0.15) is 5.60 Å². The second-order valence-corrected chi connectivity index (χ2v) is 4.82. The maximum atomic E-state index is 5.66. The summed E-state index contributed by atoms with van der Waals surface area (Å²) in [5, 5.41) is 0.640. The summed E-state index contributed by atoms with van der Waals surface area (Å²) in [7, 11) is 0. The molecule has 84 valence electrons. The van der Waals surface area contributed by atoms with Crippen LogP contribution in [-0.2, 0) is 4.74 Å². The molecule has 0 radical (unpaired) electrons. The standard InChI is InChI=1S/C11H23NOS/c1-6-8-12(9-7-2)10(14)13-11(3,4)5/h6-9H2,1-5H3. The molecule has 0 atom stereocenters. The topological polar surface area (TPSA) is 12.5 Å². The van der Waals surface area contributed by atoms with E-state index in [0.29, 0.717) is 5.17 Å². The molecule has 0 rings (SSSR count). The smallest absolute Gasteiger partial charge is 0.259 e. The zero-order chi connectivity index (χ0) is 11.2. The van der Waals surface area contributed by atoms with Crippen LogP contribution in [0.1, 0.15) is 47.5 Å². The van der Waals surface area contributed by atoms with E-state index in [1.165, 1.54) is 0 Å². The zero-order valence-electron chi connectivity index (χ0n) is 10.1. The molecule has 3 heteroatoms. The molecule has 0 amide bonds. The first kappa shape index (κ1) is 13.7. The number of thiocarbonyl (C=S) groups is 1. The third kappa shape index (κ3) is 6.19. The summed E-state index contributed by atoms with van der Waals surface area (Å²) < 4.78 is 5.66. The van der Waals surface area contributed by atoms with E-state index in [1.54, 1.807) is 0 Å². The van der Waals surface area contributed by atoms with Crippen molar-refractivity contribution < 1.29 is 4.74 Å². The van der Waals surface area contributed by atoms with Gasteiger partial charge in [-0.2, -0.15) is 0 Å². The first-order valence-corrected chi connectivity index (χ1v) is 5.79. The van der Waals surface area contributed by atoms with E-state index in [-0.39, 0.29) is 5.60 Å². The van der Waals surface area contributed by atoms with Gasteiger partial charge in [0, 0.05) is 13.1 Å². The van der Waals surface area contributed by atoms with Crippen molar-refractivity contribution in [3.63, 3.8) is 0 Å². The van der Waals surface area contributed by atoms with E-state index >= 15 is 0 Å². The van der Waals surface area contributed by atoms with Crippen molar-refractivity contribution in [1.82, 2.24) is 4.90 Å². The van der Waals surface area contributed by atoms with Gasteiger partial charge in [-0.1, -0.05) is 13.8 Å². The second-order valence-electron chi connectivity index (χ2n) is 4.47. The molecule has 0 unspecified atom stereocenters. The van der Waals surface area contributed by atoms with E-state index < -0.39 is 0 Å². The Labute approximate surface area is 93.6 Å². The maximum absolute atomic E-state index is 5.66. The summed E-state index contributed by atoms with van der Waals surface area (Å²) >= 11 is 5.26. The van der Waals surface area contributed by atoms with Crippen molar-refractivity contribution >= 4 is 17.4 Å². The first-order chi connectivity index (χ1) is 6.40. The van der Waals surface area contributed by atoms with Gasteiger partial charge < -0.3 is 9.64 Å². The Morgan fingerprint density at radius 1 is 1.14 bits per heavy atom. The molecule has 0 aliphatic carbocycles. The van der Waals surface area contributed by atoms with Gasteiger partial charge in [0.05, 0.1) is 0 Å². The monoisotopic (exact) mass is 217 g/mol. The van der Waals surface area contributed by atoms with Crippen LogP contribution in [0.4, 0.5) is 0 Å². The lowest BCUT2D eigenvalue weighted by molar-refractivity contribution is 0.0936. The van der Waals surface area contributed by atoms with E-state index in [1.807, 2.05) is 20.8 Å².